The van der Waals surface area contributed by atoms with Crippen molar-refractivity contribution in [2.75, 3.05) is 11.9 Å². The number of ether oxygens (including phenoxy) is 1. The molecule has 1 N–H and O–H groups in total. The molecular formula is C36H50BrClN2O2. The zero-order chi connectivity index (χ0) is 29.3. The highest BCUT2D eigenvalue weighted by Crippen LogP contribution is 2.24. The van der Waals surface area contributed by atoms with Crippen molar-refractivity contribution < 1.29 is 31.1 Å². The summed E-state index contributed by atoms with van der Waals surface area (Å²) in [5, 5.41) is 3.55. The van der Waals surface area contributed by atoms with Gasteiger partial charge in [0, 0.05) is 27.4 Å². The van der Waals surface area contributed by atoms with Gasteiger partial charge in [-0.2, -0.15) is 0 Å². The lowest BCUT2D eigenvalue weighted by molar-refractivity contribution is -0.689. The first kappa shape index (κ1) is 35.8. The van der Waals surface area contributed by atoms with E-state index in [1.165, 1.54) is 87.3 Å². The van der Waals surface area contributed by atoms with E-state index >= 15 is 0 Å². The lowest BCUT2D eigenvalue weighted by atomic mass is 10.1. The molecule has 0 saturated carbocycles. The topological polar surface area (TPSA) is 42.2 Å². The van der Waals surface area contributed by atoms with Gasteiger partial charge < -0.3 is 27.0 Å². The summed E-state index contributed by atoms with van der Waals surface area (Å²) in [6.45, 7) is 7.98. The molecule has 0 aliphatic rings. The van der Waals surface area contributed by atoms with Crippen LogP contribution < -0.4 is 31.6 Å². The van der Waals surface area contributed by atoms with Crippen molar-refractivity contribution in [2.45, 2.75) is 111 Å². The van der Waals surface area contributed by atoms with Crippen LogP contribution in [0.3, 0.4) is 0 Å². The van der Waals surface area contributed by atoms with E-state index < -0.39 is 0 Å². The zero-order valence-corrected chi connectivity index (χ0v) is 28.2. The van der Waals surface area contributed by atoms with Crippen molar-refractivity contribution >= 4 is 23.2 Å². The van der Waals surface area contributed by atoms with Gasteiger partial charge in [0.25, 0.3) is 0 Å². The molecular weight excluding hydrogens is 608 g/mol. The van der Waals surface area contributed by atoms with Gasteiger partial charge >= 0.3 is 0 Å². The van der Waals surface area contributed by atoms with Gasteiger partial charge in [0.2, 0.25) is 5.91 Å². The van der Waals surface area contributed by atoms with Crippen molar-refractivity contribution in [3.63, 3.8) is 0 Å². The highest BCUT2D eigenvalue weighted by molar-refractivity contribution is 6.31. The van der Waals surface area contributed by atoms with Crippen LogP contribution in [0.25, 0.3) is 0 Å². The van der Waals surface area contributed by atoms with E-state index in [-0.39, 0.29) is 29.3 Å². The maximum absolute atomic E-state index is 12.7. The van der Waals surface area contributed by atoms with E-state index in [0.717, 1.165) is 30.0 Å². The van der Waals surface area contributed by atoms with Gasteiger partial charge in [-0.1, -0.05) is 107 Å². The summed E-state index contributed by atoms with van der Waals surface area (Å²) in [4.78, 5) is 12.7. The van der Waals surface area contributed by atoms with Gasteiger partial charge in [-0.15, -0.1) is 0 Å². The lowest BCUT2D eigenvalue weighted by Crippen LogP contribution is -3.00. The molecule has 0 atom stereocenters. The van der Waals surface area contributed by atoms with Gasteiger partial charge in [-0.25, -0.2) is 4.57 Å². The van der Waals surface area contributed by atoms with Crippen LogP contribution in [0.2, 0.25) is 5.02 Å². The molecule has 0 fully saturated rings. The number of aryl methyl sites for hydroxylation is 2. The van der Waals surface area contributed by atoms with Gasteiger partial charge in [0.15, 0.2) is 18.9 Å². The molecule has 0 spiro atoms. The average molecular weight is 658 g/mol. The third-order valence-corrected chi connectivity index (χ3v) is 7.79. The van der Waals surface area contributed by atoms with Crippen molar-refractivity contribution in [3.8, 4) is 5.75 Å². The zero-order valence-electron chi connectivity index (χ0n) is 25.9. The lowest BCUT2D eigenvalue weighted by Gasteiger charge is -2.10. The first-order valence-corrected chi connectivity index (χ1v) is 16.1. The Bertz CT molecular complexity index is 1180. The van der Waals surface area contributed by atoms with E-state index in [1.807, 2.05) is 30.3 Å². The van der Waals surface area contributed by atoms with Crippen LogP contribution in [0.4, 0.5) is 5.69 Å². The maximum Gasteiger partial charge on any atom is 0.228 e. The number of hydrogen-bond donors (Lipinski definition) is 1. The molecule has 0 unspecified atom stereocenters. The minimum Gasteiger partial charge on any atom is -1.00 e. The second kappa shape index (κ2) is 20.5. The summed E-state index contributed by atoms with van der Waals surface area (Å²) < 4.78 is 8.10. The average Bonchev–Trinajstić information content (AvgIpc) is 2.93. The number of pyridine rings is 1. The van der Waals surface area contributed by atoms with E-state index in [2.05, 4.69) is 61.2 Å². The Kier molecular flexibility index (Phi) is 17.5. The Morgan fingerprint density at radius 1 is 0.786 bits per heavy atom. The van der Waals surface area contributed by atoms with Crippen molar-refractivity contribution in [3.05, 3.63) is 88.2 Å². The summed E-state index contributed by atoms with van der Waals surface area (Å²) in [5.74, 6) is 0.674. The second-order valence-corrected chi connectivity index (χ2v) is 11.9. The van der Waals surface area contributed by atoms with Crippen LogP contribution in [0.1, 0.15) is 106 Å². The summed E-state index contributed by atoms with van der Waals surface area (Å²) in [7, 11) is 0. The molecule has 1 heterocycles. The van der Waals surface area contributed by atoms with Gasteiger partial charge in [0.05, 0.1) is 13.0 Å². The fourth-order valence-corrected chi connectivity index (χ4v) is 5.50. The Labute approximate surface area is 270 Å². The van der Waals surface area contributed by atoms with Crippen LogP contribution >= 0.6 is 11.6 Å². The van der Waals surface area contributed by atoms with E-state index in [4.69, 9.17) is 16.3 Å². The van der Waals surface area contributed by atoms with Gasteiger partial charge in [-0.05, 0) is 56.2 Å². The molecule has 42 heavy (non-hydrogen) atoms. The standard InChI is InChI=1S/C36H49ClN2O2.BrH/c1-4-5-6-7-8-9-10-11-12-13-14-15-22-41-34-21-18-32(35(37)25-34)24-36(40)38-33-19-16-31(17-20-33)28-39-26-29(2)23-30(3)27-39;/h16-21,23,25-27H,4-15,22,24,28H2,1-3H3;1H. The number of anilines is 1. The molecule has 0 aliphatic heterocycles. The van der Waals surface area contributed by atoms with Crippen molar-refractivity contribution in [1.29, 1.82) is 0 Å². The minimum absolute atomic E-state index is 0. The number of unbranched alkanes of at least 4 members (excludes halogenated alkanes) is 11. The highest BCUT2D eigenvalue weighted by atomic mass is 79.9. The van der Waals surface area contributed by atoms with Crippen LogP contribution in [0, 0.1) is 13.8 Å². The number of carbonyl (C=O) groups excluding carboxylic acids is 1. The molecule has 3 aromatic rings. The molecule has 0 bridgehead atoms. The molecule has 0 saturated heterocycles. The summed E-state index contributed by atoms with van der Waals surface area (Å²) in [6.07, 6.45) is 20.4. The molecule has 230 valence electrons. The van der Waals surface area contributed by atoms with Crippen LogP contribution in [0.15, 0.2) is 60.9 Å². The fraction of sp³-hybridized carbons (Fsp3) is 0.500. The third kappa shape index (κ3) is 14.2. The van der Waals surface area contributed by atoms with Crippen LogP contribution in [-0.2, 0) is 17.8 Å². The van der Waals surface area contributed by atoms with Gasteiger partial charge in [0.1, 0.15) is 5.75 Å². The molecule has 1 amide bonds. The number of rotatable bonds is 19. The first-order chi connectivity index (χ1) is 19.9. The Balaban J connectivity index is 0.00000616. The molecule has 1 aromatic heterocycles. The Morgan fingerprint density at radius 3 is 1.93 bits per heavy atom. The third-order valence-electron chi connectivity index (χ3n) is 7.44. The highest BCUT2D eigenvalue weighted by Gasteiger charge is 2.10. The number of aromatic nitrogens is 1. The number of nitrogens with zero attached hydrogens (tertiary/aromatic N) is 1. The van der Waals surface area contributed by atoms with Crippen molar-refractivity contribution in [1.82, 2.24) is 0 Å². The summed E-state index contributed by atoms with van der Waals surface area (Å²) in [5.41, 5.74) is 5.24. The maximum atomic E-state index is 12.7. The molecule has 2 aromatic carbocycles. The number of halogens is 2. The predicted molar refractivity (Wildman–Crippen MR) is 172 cm³/mol. The number of carbonyl (C=O) groups is 1. The molecule has 6 heteroatoms. The molecule has 4 nitrogen and oxygen atoms in total. The largest absolute Gasteiger partial charge is 1.00 e. The molecule has 3 rings (SSSR count). The fourth-order valence-electron chi connectivity index (χ4n) is 5.26. The SMILES string of the molecule is CCCCCCCCCCCCCCOc1ccc(CC(=O)Nc2ccc(C[n+]3cc(C)cc(C)c3)cc2)c(Cl)c1.[Br-]. The quantitative estimate of drug-likeness (QED) is 0.117. The minimum atomic E-state index is -0.0894. The smallest absolute Gasteiger partial charge is 0.228 e. The Morgan fingerprint density at radius 2 is 1.36 bits per heavy atom. The van der Waals surface area contributed by atoms with Crippen LogP contribution in [-0.4, -0.2) is 12.5 Å². The van der Waals surface area contributed by atoms with E-state index in [1.54, 1.807) is 0 Å². The Hall–Kier alpha value is -2.37. The normalized spacial score (nSPS) is 10.8. The summed E-state index contributed by atoms with van der Waals surface area (Å²) in [6, 6.07) is 15.8. The van der Waals surface area contributed by atoms with Crippen LogP contribution in [0.5, 0.6) is 5.75 Å². The van der Waals surface area contributed by atoms with Gasteiger partial charge in [-0.3, -0.25) is 4.79 Å². The number of benzene rings is 2. The number of hydrogen-bond acceptors (Lipinski definition) is 2. The van der Waals surface area contributed by atoms with Crippen molar-refractivity contribution in [2.24, 2.45) is 0 Å². The monoisotopic (exact) mass is 656 g/mol. The molecule has 0 aliphatic carbocycles. The summed E-state index contributed by atoms with van der Waals surface area (Å²) >= 11 is 6.49. The second-order valence-electron chi connectivity index (χ2n) is 11.5. The van der Waals surface area contributed by atoms with E-state index in [9.17, 15) is 4.79 Å². The predicted octanol–water partition coefficient (Wildman–Crippen LogP) is 6.56. The molecule has 0 radical (unpaired) electrons. The van der Waals surface area contributed by atoms with E-state index in [0.29, 0.717) is 11.6 Å². The first-order valence-electron chi connectivity index (χ1n) is 15.7. The number of amides is 1. The number of nitrogens with one attached hydrogen (secondary N) is 1.